The molecule has 8 heteroatoms. The molecular weight excluding hydrogens is 845 g/mol. The highest BCUT2D eigenvalue weighted by molar-refractivity contribution is 9.10. The largest absolute Gasteiger partial charge is 0.309 e. The third-order valence-corrected chi connectivity index (χ3v) is 21.6. The fraction of sp³-hybridized carbons (Fsp3) is 0.600. The van der Waals surface area contributed by atoms with Gasteiger partial charge in [-0.25, -0.2) is 4.98 Å². The van der Waals surface area contributed by atoms with E-state index in [-0.39, 0.29) is 16.2 Å². The van der Waals surface area contributed by atoms with Crippen molar-refractivity contribution in [1.29, 1.82) is 0 Å². The van der Waals surface area contributed by atoms with E-state index in [9.17, 15) is 14.9 Å². The molecule has 1 N–H and O–H groups in total. The van der Waals surface area contributed by atoms with Crippen molar-refractivity contribution in [2.75, 3.05) is 0 Å². The number of fused-ring (bicyclic) bond motifs is 7. The van der Waals surface area contributed by atoms with Crippen LogP contribution in [0, 0.1) is 106 Å². The standard InChI is InChI=1S/C55H61BrN4O3/c1-26-22-40-41(45(60(62)63)24-44-53(40)46(23-26)59-54(58-44)38-18-20-42(56)37-10-5-11-39(49(37)38)55(59)61)25-57-43-21-19-36-35-17-15-33-30-9-4-7-28-6-3-8-29(48(28)30)32-14-16-34(52(35)51(32)33)31-13-12-27(2)47(43)50(31)36/h5,10-11,18,20,22-24,27-36,43,47-48,50-52,57H,3-4,6-9,12-17,19,21,25H2,1-2H3. The molecule has 16 atom stereocenters. The van der Waals surface area contributed by atoms with Crippen LogP contribution in [0.5, 0.6) is 0 Å². The monoisotopic (exact) mass is 904 g/mol. The van der Waals surface area contributed by atoms with Crippen LogP contribution in [-0.2, 0) is 6.54 Å². The van der Waals surface area contributed by atoms with Gasteiger partial charge in [0.05, 0.1) is 21.5 Å². The lowest BCUT2D eigenvalue weighted by Gasteiger charge is -2.70. The van der Waals surface area contributed by atoms with Gasteiger partial charge < -0.3 is 5.32 Å². The normalized spacial score (nSPS) is 39.1. The SMILES string of the molecule is Cc1cc2c(CNC3CCC4C5CCC6C7CCCC8CCCC(C9CCC(C%10CCC(C)C3C%104)C5C96)C87)c([N+](=O)[O-])cc3nc4c5ccc(Br)c6cccc(c(=O)n4c(c1)c32)c65. The minimum atomic E-state index is -0.195. The van der Waals surface area contributed by atoms with Crippen LogP contribution in [-0.4, -0.2) is 20.3 Å². The Kier molecular flexibility index (Phi) is 8.55. The third kappa shape index (κ3) is 5.23. The van der Waals surface area contributed by atoms with Crippen molar-refractivity contribution >= 4 is 70.6 Å². The summed E-state index contributed by atoms with van der Waals surface area (Å²) in [4.78, 5) is 32.7. The van der Waals surface area contributed by atoms with Gasteiger partial charge in [0.25, 0.3) is 11.2 Å². The highest BCUT2D eigenvalue weighted by atomic mass is 79.9. The Hall–Kier alpha value is -3.62. The van der Waals surface area contributed by atoms with E-state index in [1.54, 1.807) is 23.3 Å². The van der Waals surface area contributed by atoms with Gasteiger partial charge in [0.1, 0.15) is 5.65 Å². The number of nitro benzene ring substituents is 1. The number of benzene rings is 4. The fourth-order valence-corrected chi connectivity index (χ4v) is 19.8. The van der Waals surface area contributed by atoms with Gasteiger partial charge in [-0.3, -0.25) is 19.3 Å². The van der Waals surface area contributed by atoms with Crippen molar-refractivity contribution in [1.82, 2.24) is 14.7 Å². The maximum Gasteiger partial charge on any atom is 0.276 e. The summed E-state index contributed by atoms with van der Waals surface area (Å²) in [5.74, 6) is 13.9. The predicted molar refractivity (Wildman–Crippen MR) is 255 cm³/mol. The van der Waals surface area contributed by atoms with Crippen molar-refractivity contribution in [3.05, 3.63) is 84.6 Å². The smallest absolute Gasteiger partial charge is 0.276 e. The van der Waals surface area contributed by atoms with Gasteiger partial charge in [0, 0.05) is 44.7 Å². The molecule has 8 saturated carbocycles. The van der Waals surface area contributed by atoms with Crippen molar-refractivity contribution in [3.63, 3.8) is 0 Å². The molecule has 7 nitrogen and oxygen atoms in total. The summed E-state index contributed by atoms with van der Waals surface area (Å²) in [6.45, 7) is 5.04. The Morgan fingerprint density at radius 1 is 0.698 bits per heavy atom. The molecule has 0 spiro atoms. The highest BCUT2D eigenvalue weighted by Crippen LogP contribution is 2.72. The van der Waals surface area contributed by atoms with Crippen molar-refractivity contribution in [2.45, 2.75) is 116 Å². The van der Waals surface area contributed by atoms with Crippen LogP contribution in [0.3, 0.4) is 0 Å². The van der Waals surface area contributed by atoms with E-state index in [0.29, 0.717) is 41.0 Å². The molecule has 0 bridgehead atoms. The van der Waals surface area contributed by atoms with Gasteiger partial charge in [-0.15, -0.1) is 0 Å². The average Bonchev–Trinajstić information content (AvgIpc) is 3.29. The van der Waals surface area contributed by atoms with E-state index >= 15 is 0 Å². The van der Waals surface area contributed by atoms with E-state index in [4.69, 9.17) is 4.98 Å². The van der Waals surface area contributed by atoms with Crippen LogP contribution in [0.1, 0.15) is 108 Å². The Morgan fingerprint density at radius 2 is 1.32 bits per heavy atom. The number of aryl methyl sites for hydroxylation is 1. The predicted octanol–water partition coefficient (Wildman–Crippen LogP) is 13.0. The lowest BCUT2D eigenvalue weighted by Crippen LogP contribution is -2.65. The first-order valence-electron chi connectivity index (χ1n) is 25.4. The lowest BCUT2D eigenvalue weighted by molar-refractivity contribution is -0.385. The third-order valence-electron chi connectivity index (χ3n) is 20.9. The number of halogens is 1. The Labute approximate surface area is 378 Å². The maximum absolute atomic E-state index is 14.6. The first-order valence-corrected chi connectivity index (χ1v) is 26.2. The van der Waals surface area contributed by atoms with E-state index in [2.05, 4.69) is 40.3 Å². The Bertz CT molecular complexity index is 2920. The summed E-state index contributed by atoms with van der Waals surface area (Å²) in [7, 11) is 0. The number of nitro groups is 1. The molecule has 0 saturated heterocycles. The second kappa shape index (κ2) is 14.0. The van der Waals surface area contributed by atoms with Gasteiger partial charge in [-0.2, -0.15) is 0 Å². The zero-order chi connectivity index (χ0) is 42.2. The van der Waals surface area contributed by atoms with Crippen LogP contribution < -0.4 is 10.9 Å². The van der Waals surface area contributed by atoms with E-state index < -0.39 is 0 Å². The first-order chi connectivity index (χ1) is 30.7. The zero-order valence-electron chi connectivity index (χ0n) is 36.9. The molecule has 4 aromatic carbocycles. The molecule has 0 aliphatic heterocycles. The van der Waals surface area contributed by atoms with Gasteiger partial charge in [0.15, 0.2) is 0 Å². The molecule has 6 aromatic rings. The second-order valence-electron chi connectivity index (χ2n) is 22.8. The van der Waals surface area contributed by atoms with Crippen molar-refractivity contribution in [3.8, 4) is 0 Å². The van der Waals surface area contributed by atoms with Gasteiger partial charge in [-0.1, -0.05) is 73.2 Å². The van der Waals surface area contributed by atoms with Crippen molar-refractivity contribution in [2.24, 2.45) is 88.8 Å². The highest BCUT2D eigenvalue weighted by Gasteiger charge is 2.66. The van der Waals surface area contributed by atoms with Crippen LogP contribution in [0.4, 0.5) is 5.69 Å². The Morgan fingerprint density at radius 3 is 2.00 bits per heavy atom. The number of pyridine rings is 1. The number of hydrogen-bond donors (Lipinski definition) is 1. The van der Waals surface area contributed by atoms with Crippen LogP contribution >= 0.6 is 15.9 Å². The molecule has 326 valence electrons. The fourth-order valence-electron chi connectivity index (χ4n) is 19.3. The molecule has 16 unspecified atom stereocenters. The molecule has 0 amide bonds. The summed E-state index contributed by atoms with van der Waals surface area (Å²) in [5, 5.41) is 22.3. The number of hydrogen-bond acceptors (Lipinski definition) is 5. The van der Waals surface area contributed by atoms with Gasteiger partial charge >= 0.3 is 0 Å². The average molecular weight is 906 g/mol. The quantitative estimate of drug-likeness (QED) is 0.0824. The molecule has 63 heavy (non-hydrogen) atoms. The van der Waals surface area contributed by atoms with E-state index in [1.807, 2.05) is 37.3 Å². The topological polar surface area (TPSA) is 89.5 Å². The molecule has 8 aliphatic carbocycles. The summed E-state index contributed by atoms with van der Waals surface area (Å²) >= 11 is 3.70. The van der Waals surface area contributed by atoms with Crippen LogP contribution in [0.2, 0.25) is 0 Å². The summed E-state index contributed by atoms with van der Waals surface area (Å²) in [6.07, 6.45) is 20.4. The summed E-state index contributed by atoms with van der Waals surface area (Å²) in [5.41, 5.74) is 3.58. The summed E-state index contributed by atoms with van der Waals surface area (Å²) in [6, 6.07) is 16.1. The Balaban J connectivity index is 0.828. The number of aromatic nitrogens is 2. The van der Waals surface area contributed by atoms with Gasteiger partial charge in [0.2, 0.25) is 0 Å². The number of nitrogens with one attached hydrogen (secondary N) is 1. The number of rotatable bonds is 4. The minimum Gasteiger partial charge on any atom is -0.309 e. The second-order valence-corrected chi connectivity index (χ2v) is 23.7. The van der Waals surface area contributed by atoms with E-state index in [1.165, 1.54) is 77.0 Å². The molecule has 8 aliphatic rings. The molecule has 2 aromatic heterocycles. The number of nitrogens with zero attached hydrogens (tertiary/aromatic N) is 3. The molecular formula is C55H61BrN4O3. The summed E-state index contributed by atoms with van der Waals surface area (Å²) < 4.78 is 2.69. The lowest BCUT2D eigenvalue weighted by atomic mass is 9.35. The van der Waals surface area contributed by atoms with Crippen LogP contribution in [0.15, 0.2) is 57.8 Å². The molecule has 0 radical (unpaired) electrons. The zero-order valence-corrected chi connectivity index (χ0v) is 38.5. The minimum absolute atomic E-state index is 0.112. The maximum atomic E-state index is 14.6. The first kappa shape index (κ1) is 38.6. The van der Waals surface area contributed by atoms with E-state index in [0.717, 1.165) is 125 Å². The van der Waals surface area contributed by atoms with Crippen molar-refractivity contribution < 1.29 is 4.92 Å². The molecule has 8 fully saturated rings. The van der Waals surface area contributed by atoms with Gasteiger partial charge in [-0.05, 0) is 194 Å². The molecule has 14 rings (SSSR count). The van der Waals surface area contributed by atoms with Crippen LogP contribution in [0.25, 0.3) is 49.0 Å². The molecule has 2 heterocycles.